The van der Waals surface area contributed by atoms with Gasteiger partial charge >= 0.3 is 5.69 Å². The predicted molar refractivity (Wildman–Crippen MR) is 71.1 cm³/mol. The SMILES string of the molecule is COc1ccccc1Cn1cc(Br)c(=O)[nH]c1=O. The summed E-state index contributed by atoms with van der Waals surface area (Å²) < 4.78 is 6.94. The van der Waals surface area contributed by atoms with Crippen LogP contribution in [0.1, 0.15) is 5.56 Å². The van der Waals surface area contributed by atoms with Crippen LogP contribution >= 0.6 is 15.9 Å². The van der Waals surface area contributed by atoms with Gasteiger partial charge in [0.2, 0.25) is 0 Å². The Morgan fingerprint density at radius 3 is 2.78 bits per heavy atom. The number of ether oxygens (including phenoxy) is 1. The normalized spacial score (nSPS) is 10.3. The molecule has 0 amide bonds. The number of rotatable bonds is 3. The molecule has 2 aromatic rings. The van der Waals surface area contributed by atoms with Crippen molar-refractivity contribution in [1.29, 1.82) is 0 Å². The maximum atomic E-state index is 11.6. The number of aromatic amines is 1. The van der Waals surface area contributed by atoms with Crippen molar-refractivity contribution in [2.45, 2.75) is 6.54 Å². The maximum absolute atomic E-state index is 11.6. The minimum absolute atomic E-state index is 0.317. The van der Waals surface area contributed by atoms with Gasteiger partial charge in [-0.3, -0.25) is 14.3 Å². The molecule has 1 aromatic carbocycles. The van der Waals surface area contributed by atoms with Gasteiger partial charge < -0.3 is 4.74 Å². The van der Waals surface area contributed by atoms with Crippen LogP contribution in [0.2, 0.25) is 0 Å². The Balaban J connectivity index is 2.43. The van der Waals surface area contributed by atoms with Crippen LogP contribution in [0.5, 0.6) is 5.75 Å². The summed E-state index contributed by atoms with van der Waals surface area (Å²) in [6.45, 7) is 0.332. The summed E-state index contributed by atoms with van der Waals surface area (Å²) in [5, 5.41) is 0. The van der Waals surface area contributed by atoms with Gasteiger partial charge in [-0.05, 0) is 22.0 Å². The molecule has 0 aliphatic heterocycles. The number of nitrogens with one attached hydrogen (secondary N) is 1. The van der Waals surface area contributed by atoms with Crippen LogP contribution in [0.15, 0.2) is 44.5 Å². The lowest BCUT2D eigenvalue weighted by molar-refractivity contribution is 0.408. The first-order valence-corrected chi connectivity index (χ1v) is 6.02. The number of aromatic nitrogens is 2. The number of hydrogen-bond donors (Lipinski definition) is 1. The quantitative estimate of drug-likeness (QED) is 0.931. The van der Waals surface area contributed by atoms with E-state index in [1.165, 1.54) is 10.8 Å². The molecule has 0 unspecified atom stereocenters. The first-order valence-electron chi connectivity index (χ1n) is 5.23. The number of benzene rings is 1. The van der Waals surface area contributed by atoms with Gasteiger partial charge in [-0.25, -0.2) is 4.79 Å². The molecule has 6 heteroatoms. The van der Waals surface area contributed by atoms with E-state index in [0.717, 1.165) is 5.56 Å². The summed E-state index contributed by atoms with van der Waals surface area (Å²) in [6, 6.07) is 7.41. The molecule has 1 heterocycles. The smallest absolute Gasteiger partial charge is 0.328 e. The molecule has 18 heavy (non-hydrogen) atoms. The average Bonchev–Trinajstić information content (AvgIpc) is 2.36. The molecule has 0 aliphatic rings. The van der Waals surface area contributed by atoms with Gasteiger partial charge in [-0.1, -0.05) is 18.2 Å². The van der Waals surface area contributed by atoms with Crippen molar-refractivity contribution < 1.29 is 4.74 Å². The first-order chi connectivity index (χ1) is 8.61. The Morgan fingerprint density at radius 2 is 2.06 bits per heavy atom. The summed E-state index contributed by atoms with van der Waals surface area (Å²) in [5.41, 5.74) is -0.0218. The van der Waals surface area contributed by atoms with Crippen molar-refractivity contribution in [2.24, 2.45) is 0 Å². The summed E-state index contributed by atoms with van der Waals surface area (Å²) in [5.74, 6) is 0.701. The summed E-state index contributed by atoms with van der Waals surface area (Å²) in [4.78, 5) is 25.1. The van der Waals surface area contributed by atoms with E-state index in [2.05, 4.69) is 20.9 Å². The molecule has 0 saturated heterocycles. The molecule has 0 bridgehead atoms. The van der Waals surface area contributed by atoms with E-state index in [1.54, 1.807) is 7.11 Å². The molecule has 5 nitrogen and oxygen atoms in total. The van der Waals surface area contributed by atoms with Gasteiger partial charge in [-0.15, -0.1) is 0 Å². The molecular formula is C12H11BrN2O3. The second kappa shape index (κ2) is 5.22. The van der Waals surface area contributed by atoms with Crippen molar-refractivity contribution in [2.75, 3.05) is 7.11 Å². The van der Waals surface area contributed by atoms with Gasteiger partial charge in [0.25, 0.3) is 5.56 Å². The molecule has 1 N–H and O–H groups in total. The van der Waals surface area contributed by atoms with Crippen LogP contribution in [0.4, 0.5) is 0 Å². The Morgan fingerprint density at radius 1 is 1.33 bits per heavy atom. The molecule has 0 fully saturated rings. The predicted octanol–water partition coefficient (Wildman–Crippen LogP) is 1.36. The van der Waals surface area contributed by atoms with E-state index in [0.29, 0.717) is 16.8 Å². The standard InChI is InChI=1S/C12H11BrN2O3/c1-18-10-5-3-2-4-8(10)6-15-7-9(13)11(16)14-12(15)17/h2-5,7H,6H2,1H3,(H,14,16,17). The zero-order chi connectivity index (χ0) is 13.1. The van der Waals surface area contributed by atoms with E-state index in [1.807, 2.05) is 24.3 Å². The summed E-state index contributed by atoms with van der Waals surface area (Å²) in [6.07, 6.45) is 1.47. The molecule has 2 rings (SSSR count). The molecule has 0 saturated carbocycles. The molecule has 0 radical (unpaired) electrons. The van der Waals surface area contributed by atoms with Crippen LogP contribution < -0.4 is 16.0 Å². The number of halogens is 1. The fraction of sp³-hybridized carbons (Fsp3) is 0.167. The number of para-hydroxylation sites is 1. The average molecular weight is 311 g/mol. The first kappa shape index (κ1) is 12.6. The van der Waals surface area contributed by atoms with Crippen molar-refractivity contribution in [1.82, 2.24) is 9.55 Å². The van der Waals surface area contributed by atoms with E-state index < -0.39 is 11.2 Å². The maximum Gasteiger partial charge on any atom is 0.328 e. The van der Waals surface area contributed by atoms with Crippen molar-refractivity contribution in [3.8, 4) is 5.75 Å². The minimum atomic E-state index is -0.450. The van der Waals surface area contributed by atoms with E-state index in [9.17, 15) is 9.59 Å². The van der Waals surface area contributed by atoms with Crippen molar-refractivity contribution in [3.63, 3.8) is 0 Å². The molecule has 1 aromatic heterocycles. The van der Waals surface area contributed by atoms with E-state index in [4.69, 9.17) is 4.74 Å². The third kappa shape index (κ3) is 2.53. The topological polar surface area (TPSA) is 64.1 Å². The van der Waals surface area contributed by atoms with Crippen molar-refractivity contribution in [3.05, 3.63) is 61.3 Å². The van der Waals surface area contributed by atoms with E-state index >= 15 is 0 Å². The molecule has 0 atom stereocenters. The Labute approximate surface area is 111 Å². The fourth-order valence-electron chi connectivity index (χ4n) is 1.62. The van der Waals surface area contributed by atoms with Crippen LogP contribution in [-0.4, -0.2) is 16.7 Å². The highest BCUT2D eigenvalue weighted by Crippen LogP contribution is 2.17. The van der Waals surface area contributed by atoms with Gasteiger partial charge in [0.15, 0.2) is 0 Å². The lowest BCUT2D eigenvalue weighted by atomic mass is 10.2. The number of nitrogens with zero attached hydrogens (tertiary/aromatic N) is 1. The van der Waals surface area contributed by atoms with Gasteiger partial charge in [0.1, 0.15) is 5.75 Å². The highest BCUT2D eigenvalue weighted by Gasteiger charge is 2.06. The monoisotopic (exact) mass is 310 g/mol. The highest BCUT2D eigenvalue weighted by molar-refractivity contribution is 9.10. The van der Waals surface area contributed by atoms with Crippen LogP contribution in [0.25, 0.3) is 0 Å². The summed E-state index contributed by atoms with van der Waals surface area (Å²) >= 11 is 3.09. The fourth-order valence-corrected chi connectivity index (χ4v) is 1.96. The number of H-pyrrole nitrogens is 1. The van der Waals surface area contributed by atoms with Crippen LogP contribution in [-0.2, 0) is 6.54 Å². The summed E-state index contributed by atoms with van der Waals surface area (Å²) in [7, 11) is 1.57. The zero-order valence-corrected chi connectivity index (χ0v) is 11.2. The van der Waals surface area contributed by atoms with Crippen LogP contribution in [0, 0.1) is 0 Å². The van der Waals surface area contributed by atoms with E-state index in [-0.39, 0.29) is 0 Å². The molecular weight excluding hydrogens is 300 g/mol. The Bertz CT molecular complexity index is 676. The zero-order valence-electron chi connectivity index (χ0n) is 9.64. The van der Waals surface area contributed by atoms with Gasteiger partial charge in [0.05, 0.1) is 18.1 Å². The highest BCUT2D eigenvalue weighted by atomic mass is 79.9. The molecule has 0 aliphatic carbocycles. The lowest BCUT2D eigenvalue weighted by Gasteiger charge is -2.09. The third-order valence-corrected chi connectivity index (χ3v) is 3.07. The lowest BCUT2D eigenvalue weighted by Crippen LogP contribution is -2.30. The second-order valence-electron chi connectivity index (χ2n) is 3.68. The Hall–Kier alpha value is -1.82. The number of methoxy groups -OCH3 is 1. The minimum Gasteiger partial charge on any atom is -0.496 e. The Kier molecular flexibility index (Phi) is 3.66. The van der Waals surface area contributed by atoms with Gasteiger partial charge in [0, 0.05) is 11.8 Å². The van der Waals surface area contributed by atoms with Crippen molar-refractivity contribution >= 4 is 15.9 Å². The number of hydrogen-bond acceptors (Lipinski definition) is 3. The largest absolute Gasteiger partial charge is 0.496 e. The molecule has 0 spiro atoms. The molecule has 94 valence electrons. The van der Waals surface area contributed by atoms with Crippen LogP contribution in [0.3, 0.4) is 0 Å². The third-order valence-electron chi connectivity index (χ3n) is 2.50. The second-order valence-corrected chi connectivity index (χ2v) is 4.53. The van der Waals surface area contributed by atoms with Gasteiger partial charge in [-0.2, -0.15) is 0 Å².